The van der Waals surface area contributed by atoms with E-state index in [1.54, 1.807) is 0 Å². The number of benzene rings is 2. The molecule has 2 aliphatic heterocycles. The van der Waals surface area contributed by atoms with E-state index in [1.807, 2.05) is 53.7 Å². The second-order valence-corrected chi connectivity index (χ2v) is 13.5. The molecule has 2 aliphatic rings. The number of aromatic nitrogens is 2. The lowest BCUT2D eigenvalue weighted by Crippen LogP contribution is -3.12. The van der Waals surface area contributed by atoms with Crippen molar-refractivity contribution < 1.29 is 14.5 Å². The van der Waals surface area contributed by atoms with Crippen molar-refractivity contribution in [2.45, 2.75) is 83.8 Å². The average molecular weight is 645 g/mol. The first kappa shape index (κ1) is 33.5. The van der Waals surface area contributed by atoms with Crippen LogP contribution in [0.2, 0.25) is 0 Å². The van der Waals surface area contributed by atoms with E-state index in [0.717, 1.165) is 99.2 Å². The highest BCUT2D eigenvalue weighted by Gasteiger charge is 2.31. The molecule has 2 saturated heterocycles. The molecule has 7 nitrogen and oxygen atoms in total. The molecule has 2 fully saturated rings. The summed E-state index contributed by atoms with van der Waals surface area (Å²) in [5.41, 5.74) is 6.86. The van der Waals surface area contributed by atoms with Gasteiger partial charge in [0.05, 0.1) is 18.8 Å². The van der Waals surface area contributed by atoms with Crippen molar-refractivity contribution in [2.24, 2.45) is 0 Å². The van der Waals surface area contributed by atoms with Gasteiger partial charge in [-0.1, -0.05) is 68.3 Å². The average Bonchev–Trinajstić information content (AvgIpc) is 3.15. The van der Waals surface area contributed by atoms with Crippen molar-refractivity contribution in [3.8, 4) is 11.1 Å². The fourth-order valence-electron chi connectivity index (χ4n) is 7.13. The van der Waals surface area contributed by atoms with Gasteiger partial charge in [0.25, 0.3) is 11.8 Å². The summed E-state index contributed by atoms with van der Waals surface area (Å²) in [5, 5.41) is 0. The van der Waals surface area contributed by atoms with E-state index in [-0.39, 0.29) is 17.9 Å². The van der Waals surface area contributed by atoms with Crippen LogP contribution in [-0.4, -0.2) is 63.8 Å². The van der Waals surface area contributed by atoms with E-state index >= 15 is 0 Å². The summed E-state index contributed by atoms with van der Waals surface area (Å²) in [7, 11) is 0. The third-order valence-corrected chi connectivity index (χ3v) is 10.0. The number of hydrogen-bond donors (Lipinski definition) is 1. The van der Waals surface area contributed by atoms with Gasteiger partial charge in [0.1, 0.15) is 12.2 Å². The van der Waals surface area contributed by atoms with Crippen LogP contribution in [0, 0.1) is 0 Å². The molecule has 1 N–H and O–H groups in total. The predicted molar refractivity (Wildman–Crippen MR) is 191 cm³/mol. The Bertz CT molecular complexity index is 1590. The summed E-state index contributed by atoms with van der Waals surface area (Å²) in [4.78, 5) is 41.8. The van der Waals surface area contributed by atoms with Crippen molar-refractivity contribution in [1.29, 1.82) is 0 Å². The molecule has 48 heavy (non-hydrogen) atoms. The number of rotatable bonds is 12. The number of aryl methyl sites for hydroxylation is 1. The summed E-state index contributed by atoms with van der Waals surface area (Å²) in [6.07, 6.45) is 13.6. The molecule has 0 unspecified atom stereocenters. The zero-order chi connectivity index (χ0) is 33.1. The van der Waals surface area contributed by atoms with Crippen LogP contribution in [0.1, 0.15) is 96.0 Å². The maximum absolute atomic E-state index is 14.1. The van der Waals surface area contributed by atoms with Crippen molar-refractivity contribution in [3.05, 3.63) is 119 Å². The Kier molecular flexibility index (Phi) is 11.6. The van der Waals surface area contributed by atoms with Gasteiger partial charge in [-0.25, -0.2) is 0 Å². The smallest absolute Gasteiger partial charge is 0.273 e. The number of likely N-dealkylation sites (tertiary alicyclic amines) is 2. The number of carbonyl (C=O) groups is 2. The molecule has 0 aliphatic carbocycles. The van der Waals surface area contributed by atoms with Crippen LogP contribution in [0.25, 0.3) is 11.1 Å². The molecule has 0 atom stereocenters. The summed E-state index contributed by atoms with van der Waals surface area (Å²) in [6.45, 7) is 7.39. The number of hydrogen-bond acceptors (Lipinski definition) is 4. The summed E-state index contributed by atoms with van der Waals surface area (Å²) in [5.74, 6) is 0.137. The Morgan fingerprint density at radius 3 is 2.17 bits per heavy atom. The number of quaternary nitrogens is 1. The quantitative estimate of drug-likeness (QED) is 0.182. The molecule has 0 saturated carbocycles. The Morgan fingerprint density at radius 1 is 0.812 bits per heavy atom. The molecule has 4 aromatic rings. The molecule has 0 radical (unpaired) electrons. The molecule has 0 bridgehead atoms. The lowest BCUT2D eigenvalue weighted by molar-refractivity contribution is -0.919. The van der Waals surface area contributed by atoms with Crippen LogP contribution < -0.4 is 4.90 Å². The minimum Gasteiger partial charge on any atom is -0.339 e. The van der Waals surface area contributed by atoms with E-state index in [4.69, 9.17) is 0 Å². The van der Waals surface area contributed by atoms with E-state index in [1.165, 1.54) is 29.7 Å². The van der Waals surface area contributed by atoms with Crippen molar-refractivity contribution >= 4 is 11.8 Å². The van der Waals surface area contributed by atoms with Crippen LogP contribution in [0.4, 0.5) is 0 Å². The molecule has 250 valence electrons. The second kappa shape index (κ2) is 16.6. The van der Waals surface area contributed by atoms with Crippen LogP contribution in [0.3, 0.4) is 0 Å². The summed E-state index contributed by atoms with van der Waals surface area (Å²) < 4.78 is 0. The standard InChI is InChI=1S/C41H49N5O2/c1-2-3-5-10-32-14-21-39(43-29-32)41(48)46(38-22-27-44(28-23-38)31-37-11-6-7-24-42-37)30-33-12-15-34(16-13-33)35-17-19-36(20-18-35)40(47)45-25-8-4-9-26-45/h6-7,11-21,24,29,38H,2-5,8-10,22-23,25-28,30-31H2,1H3/p+1. The summed E-state index contributed by atoms with van der Waals surface area (Å²) >= 11 is 0. The minimum atomic E-state index is 0.00585. The van der Waals surface area contributed by atoms with E-state index < -0.39 is 0 Å². The van der Waals surface area contributed by atoms with Crippen molar-refractivity contribution in [1.82, 2.24) is 19.8 Å². The molecule has 7 heteroatoms. The highest BCUT2D eigenvalue weighted by Crippen LogP contribution is 2.24. The first-order chi connectivity index (χ1) is 23.6. The minimum absolute atomic E-state index is 0.00585. The number of nitrogens with one attached hydrogen (secondary N) is 1. The lowest BCUT2D eigenvalue weighted by atomic mass is 9.99. The first-order valence-electron chi connectivity index (χ1n) is 18.1. The number of amides is 2. The number of carbonyl (C=O) groups excluding carboxylic acids is 2. The number of unbranched alkanes of at least 4 members (excludes halogenated alkanes) is 2. The third kappa shape index (κ3) is 8.75. The molecule has 2 aromatic heterocycles. The molecule has 0 spiro atoms. The maximum atomic E-state index is 14.1. The largest absolute Gasteiger partial charge is 0.339 e. The van der Waals surface area contributed by atoms with Crippen LogP contribution in [-0.2, 0) is 19.5 Å². The predicted octanol–water partition coefficient (Wildman–Crippen LogP) is 6.39. The van der Waals surface area contributed by atoms with E-state index in [2.05, 4.69) is 64.3 Å². The van der Waals surface area contributed by atoms with Crippen molar-refractivity contribution in [2.75, 3.05) is 26.2 Å². The SMILES string of the molecule is CCCCCc1ccc(C(=O)N(Cc2ccc(-c3ccc(C(=O)N4CCCCC4)cc3)cc2)C2CC[NH+](Cc3ccccn3)CC2)nc1. The Morgan fingerprint density at radius 2 is 1.52 bits per heavy atom. The Balaban J connectivity index is 1.14. The maximum Gasteiger partial charge on any atom is 0.273 e. The molecule has 4 heterocycles. The highest BCUT2D eigenvalue weighted by atomic mass is 16.2. The van der Waals surface area contributed by atoms with Gasteiger partial charge in [-0.3, -0.25) is 19.6 Å². The number of piperidine rings is 2. The fraction of sp³-hybridized carbons (Fsp3) is 0.415. The Labute approximate surface area is 286 Å². The monoisotopic (exact) mass is 644 g/mol. The second-order valence-electron chi connectivity index (χ2n) is 13.5. The van der Waals surface area contributed by atoms with Gasteiger partial charge in [-0.2, -0.15) is 0 Å². The van der Waals surface area contributed by atoms with Gasteiger partial charge in [0.15, 0.2) is 0 Å². The number of pyridine rings is 2. The Hall–Kier alpha value is -4.36. The first-order valence-corrected chi connectivity index (χ1v) is 18.1. The molecule has 2 amide bonds. The van der Waals surface area contributed by atoms with Crippen LogP contribution in [0.5, 0.6) is 0 Å². The van der Waals surface area contributed by atoms with Gasteiger partial charge in [-0.15, -0.1) is 0 Å². The molecule has 2 aromatic carbocycles. The van der Waals surface area contributed by atoms with E-state index in [9.17, 15) is 9.59 Å². The zero-order valence-electron chi connectivity index (χ0n) is 28.4. The zero-order valence-corrected chi connectivity index (χ0v) is 28.4. The van der Waals surface area contributed by atoms with Gasteiger partial charge < -0.3 is 14.7 Å². The lowest BCUT2D eigenvalue weighted by Gasteiger charge is -2.36. The van der Waals surface area contributed by atoms with Gasteiger partial charge in [-0.05, 0) is 84.7 Å². The van der Waals surface area contributed by atoms with Gasteiger partial charge in [0, 0.05) is 56.5 Å². The highest BCUT2D eigenvalue weighted by molar-refractivity contribution is 5.95. The molecule has 6 rings (SSSR count). The normalized spacial score (nSPS) is 18.0. The van der Waals surface area contributed by atoms with Gasteiger partial charge in [0.2, 0.25) is 0 Å². The fourth-order valence-corrected chi connectivity index (χ4v) is 7.13. The third-order valence-electron chi connectivity index (χ3n) is 10.0. The molecular formula is C41H50N5O2+. The molecular weight excluding hydrogens is 594 g/mol. The van der Waals surface area contributed by atoms with Gasteiger partial charge >= 0.3 is 0 Å². The summed E-state index contributed by atoms with van der Waals surface area (Å²) in [6, 6.07) is 26.8. The van der Waals surface area contributed by atoms with Crippen LogP contribution in [0.15, 0.2) is 91.3 Å². The van der Waals surface area contributed by atoms with E-state index in [0.29, 0.717) is 12.2 Å². The number of nitrogens with zero attached hydrogens (tertiary/aromatic N) is 4. The van der Waals surface area contributed by atoms with Crippen LogP contribution >= 0.6 is 0 Å². The van der Waals surface area contributed by atoms with Crippen molar-refractivity contribution in [3.63, 3.8) is 0 Å². The topological polar surface area (TPSA) is 70.8 Å².